The number of carbonyl (C=O) groups excluding carboxylic acids is 1. The van der Waals surface area contributed by atoms with Crippen LogP contribution in [0.1, 0.15) is 11.1 Å². The molecule has 0 unspecified atom stereocenters. The topological polar surface area (TPSA) is 91.0 Å². The monoisotopic (exact) mass is 358 g/mol. The quantitative estimate of drug-likeness (QED) is 0.360. The highest BCUT2D eigenvalue weighted by Gasteiger charge is 2.27. The molecule has 1 aliphatic rings. The Labute approximate surface area is 147 Å². The van der Waals surface area contributed by atoms with Crippen LogP contribution in [0.4, 0.5) is 5.69 Å². The number of ether oxygens (including phenoxy) is 2. The Balaban J connectivity index is 2.03. The van der Waals surface area contributed by atoms with Crippen LogP contribution >= 0.6 is 11.6 Å². The number of hydrogen-bond acceptors (Lipinski definition) is 6. The molecule has 25 heavy (non-hydrogen) atoms. The predicted octanol–water partition coefficient (Wildman–Crippen LogP) is 3.60. The minimum atomic E-state index is -0.663. The molecule has 0 spiro atoms. The zero-order valence-electron chi connectivity index (χ0n) is 12.9. The molecule has 2 aromatic rings. The first-order valence-corrected chi connectivity index (χ1v) is 7.46. The van der Waals surface area contributed by atoms with Crippen LogP contribution in [-0.4, -0.2) is 23.9 Å². The van der Waals surface area contributed by atoms with Crippen molar-refractivity contribution in [1.29, 1.82) is 0 Å². The highest BCUT2D eigenvalue weighted by atomic mass is 35.5. The molecule has 0 radical (unpaired) electrons. The zero-order valence-corrected chi connectivity index (χ0v) is 13.7. The molecule has 8 heteroatoms. The van der Waals surface area contributed by atoms with Crippen LogP contribution in [0, 0.1) is 10.1 Å². The first kappa shape index (κ1) is 16.7. The van der Waals surface area contributed by atoms with Crippen LogP contribution in [0.15, 0.2) is 53.2 Å². The highest BCUT2D eigenvalue weighted by molar-refractivity contribution is 6.30. The van der Waals surface area contributed by atoms with Crippen LogP contribution in [0.25, 0.3) is 6.08 Å². The number of nitro groups is 1. The van der Waals surface area contributed by atoms with E-state index in [2.05, 4.69) is 4.99 Å². The van der Waals surface area contributed by atoms with E-state index in [0.29, 0.717) is 16.3 Å². The van der Waals surface area contributed by atoms with E-state index in [9.17, 15) is 14.9 Å². The second-order valence-electron chi connectivity index (χ2n) is 5.03. The Bertz CT molecular complexity index is 936. The molecule has 0 bridgehead atoms. The maximum Gasteiger partial charge on any atom is 0.363 e. The van der Waals surface area contributed by atoms with Crippen LogP contribution in [0.5, 0.6) is 5.75 Å². The van der Waals surface area contributed by atoms with E-state index in [1.54, 1.807) is 24.3 Å². The van der Waals surface area contributed by atoms with Crippen LogP contribution in [-0.2, 0) is 9.53 Å². The molecule has 0 saturated carbocycles. The fourth-order valence-electron chi connectivity index (χ4n) is 2.26. The van der Waals surface area contributed by atoms with Gasteiger partial charge < -0.3 is 9.47 Å². The summed E-state index contributed by atoms with van der Waals surface area (Å²) in [6.07, 6.45) is 1.52. The van der Waals surface area contributed by atoms with Gasteiger partial charge in [0, 0.05) is 17.2 Å². The smallest absolute Gasteiger partial charge is 0.363 e. The number of esters is 1. The largest absolute Gasteiger partial charge is 0.496 e. The molecule has 1 heterocycles. The standard InChI is InChI=1S/C17H11ClN2O5/c1-24-15-6-5-12(20(22)23)9-13(15)16-19-14(17(21)25-16)8-10-3-2-4-11(18)7-10/h2-9H,1H3. The number of halogens is 1. The molecule has 0 fully saturated rings. The van der Waals surface area contributed by atoms with Gasteiger partial charge in [-0.3, -0.25) is 10.1 Å². The molecule has 0 saturated heterocycles. The summed E-state index contributed by atoms with van der Waals surface area (Å²) in [4.78, 5) is 26.6. The number of rotatable bonds is 4. The summed E-state index contributed by atoms with van der Waals surface area (Å²) in [5, 5.41) is 11.5. The number of cyclic esters (lactones) is 1. The Morgan fingerprint density at radius 2 is 2.08 bits per heavy atom. The second kappa shape index (κ2) is 6.74. The van der Waals surface area contributed by atoms with Crippen LogP contribution in [0.3, 0.4) is 0 Å². The van der Waals surface area contributed by atoms with Gasteiger partial charge in [0.05, 0.1) is 17.6 Å². The maximum atomic E-state index is 12.1. The minimum Gasteiger partial charge on any atom is -0.496 e. The summed E-state index contributed by atoms with van der Waals surface area (Å²) in [5.74, 6) is -0.413. The van der Waals surface area contributed by atoms with E-state index in [1.807, 2.05) is 0 Å². The fraction of sp³-hybridized carbons (Fsp3) is 0.0588. The van der Waals surface area contributed by atoms with Crippen molar-refractivity contribution in [2.45, 2.75) is 0 Å². The number of nitro benzene ring substituents is 1. The molecule has 3 rings (SSSR count). The molecule has 0 atom stereocenters. The van der Waals surface area contributed by atoms with Gasteiger partial charge >= 0.3 is 5.97 Å². The number of carbonyl (C=O) groups is 1. The summed E-state index contributed by atoms with van der Waals surface area (Å²) in [5.41, 5.74) is 0.794. The fourth-order valence-corrected chi connectivity index (χ4v) is 2.45. The molecular formula is C17H11ClN2O5. The van der Waals surface area contributed by atoms with Crippen molar-refractivity contribution in [1.82, 2.24) is 0 Å². The van der Waals surface area contributed by atoms with Gasteiger partial charge in [-0.1, -0.05) is 23.7 Å². The second-order valence-corrected chi connectivity index (χ2v) is 5.47. The summed E-state index contributed by atoms with van der Waals surface area (Å²) >= 11 is 5.92. The van der Waals surface area contributed by atoms with Crippen molar-refractivity contribution in [3.05, 3.63) is 74.4 Å². The normalized spacial score (nSPS) is 15.0. The van der Waals surface area contributed by atoms with E-state index in [4.69, 9.17) is 21.1 Å². The minimum absolute atomic E-state index is 0.0566. The number of non-ortho nitro benzene ring substituents is 1. The molecule has 126 valence electrons. The number of nitrogens with zero attached hydrogens (tertiary/aromatic N) is 2. The Morgan fingerprint density at radius 1 is 1.28 bits per heavy atom. The Kier molecular flexibility index (Phi) is 4.49. The summed E-state index contributed by atoms with van der Waals surface area (Å²) < 4.78 is 10.3. The van der Waals surface area contributed by atoms with Gasteiger partial charge in [0.2, 0.25) is 5.90 Å². The first-order valence-electron chi connectivity index (χ1n) is 7.09. The van der Waals surface area contributed by atoms with Gasteiger partial charge in [-0.15, -0.1) is 0 Å². The molecule has 2 aromatic carbocycles. The first-order chi connectivity index (χ1) is 12.0. The van der Waals surface area contributed by atoms with E-state index >= 15 is 0 Å². The summed E-state index contributed by atoms with van der Waals surface area (Å²) in [6, 6.07) is 10.8. The lowest BCUT2D eigenvalue weighted by atomic mass is 10.1. The zero-order chi connectivity index (χ0) is 18.0. The van der Waals surface area contributed by atoms with E-state index in [1.165, 1.54) is 31.4 Å². The molecule has 0 amide bonds. The number of benzene rings is 2. The lowest BCUT2D eigenvalue weighted by Crippen LogP contribution is -2.07. The molecule has 0 N–H and O–H groups in total. The van der Waals surface area contributed by atoms with Gasteiger partial charge in [-0.05, 0) is 29.8 Å². The van der Waals surface area contributed by atoms with Crippen molar-refractivity contribution >= 4 is 35.2 Å². The molecule has 0 aromatic heterocycles. The van der Waals surface area contributed by atoms with Gasteiger partial charge in [-0.25, -0.2) is 9.79 Å². The Morgan fingerprint density at radius 3 is 2.76 bits per heavy atom. The van der Waals surface area contributed by atoms with Crippen molar-refractivity contribution in [3.8, 4) is 5.75 Å². The lowest BCUT2D eigenvalue weighted by Gasteiger charge is -2.06. The molecular weight excluding hydrogens is 348 g/mol. The third-order valence-corrected chi connectivity index (χ3v) is 3.63. The van der Waals surface area contributed by atoms with Crippen molar-refractivity contribution in [3.63, 3.8) is 0 Å². The van der Waals surface area contributed by atoms with Crippen LogP contribution in [0.2, 0.25) is 5.02 Å². The van der Waals surface area contributed by atoms with Crippen molar-refractivity contribution in [2.75, 3.05) is 7.11 Å². The van der Waals surface area contributed by atoms with Gasteiger partial charge in [0.15, 0.2) is 5.70 Å². The van der Waals surface area contributed by atoms with E-state index in [-0.39, 0.29) is 22.8 Å². The maximum absolute atomic E-state index is 12.1. The number of hydrogen-bond donors (Lipinski definition) is 0. The third kappa shape index (κ3) is 3.51. The average Bonchev–Trinajstić information content (AvgIpc) is 2.95. The molecule has 7 nitrogen and oxygen atoms in total. The predicted molar refractivity (Wildman–Crippen MR) is 91.7 cm³/mol. The number of aliphatic imine (C=N–C) groups is 1. The van der Waals surface area contributed by atoms with Gasteiger partial charge in [0.25, 0.3) is 5.69 Å². The van der Waals surface area contributed by atoms with Gasteiger partial charge in [0.1, 0.15) is 5.75 Å². The molecule has 0 aliphatic carbocycles. The van der Waals surface area contributed by atoms with Crippen molar-refractivity contribution in [2.24, 2.45) is 4.99 Å². The van der Waals surface area contributed by atoms with E-state index < -0.39 is 10.9 Å². The summed E-state index contributed by atoms with van der Waals surface area (Å²) in [7, 11) is 1.41. The van der Waals surface area contributed by atoms with E-state index in [0.717, 1.165) is 0 Å². The summed E-state index contributed by atoms with van der Waals surface area (Å²) in [6.45, 7) is 0. The third-order valence-electron chi connectivity index (χ3n) is 3.40. The average molecular weight is 359 g/mol. The lowest BCUT2D eigenvalue weighted by molar-refractivity contribution is -0.384. The van der Waals surface area contributed by atoms with Crippen molar-refractivity contribution < 1.29 is 19.2 Å². The SMILES string of the molecule is COc1ccc([N+](=O)[O-])cc1C1=NC(=Cc2cccc(Cl)c2)C(=O)O1. The Hall–Kier alpha value is -3.19. The van der Waals surface area contributed by atoms with Gasteiger partial charge in [-0.2, -0.15) is 0 Å². The number of methoxy groups -OCH3 is 1. The molecule has 1 aliphatic heterocycles. The highest BCUT2D eigenvalue weighted by Crippen LogP contribution is 2.28. The van der Waals surface area contributed by atoms with Crippen LogP contribution < -0.4 is 4.74 Å².